The summed E-state index contributed by atoms with van der Waals surface area (Å²) in [6.07, 6.45) is 0. The Morgan fingerprint density at radius 2 is 1.25 bits per heavy atom. The first-order chi connectivity index (χ1) is 19.4. The van der Waals surface area contributed by atoms with E-state index in [2.05, 4.69) is 21.2 Å². The van der Waals surface area contributed by atoms with Gasteiger partial charge in [-0.05, 0) is 53.0 Å². The fraction of sp³-hybridized carbons (Fsp3) is 0.206. The smallest absolute Gasteiger partial charge is 0.256 e. The van der Waals surface area contributed by atoms with E-state index >= 15 is 0 Å². The van der Waals surface area contributed by atoms with Gasteiger partial charge in [-0.15, -0.1) is 0 Å². The summed E-state index contributed by atoms with van der Waals surface area (Å²) in [7, 11) is 0. The van der Waals surface area contributed by atoms with Crippen LogP contribution >= 0.6 is 15.9 Å². The third kappa shape index (κ3) is 5.36. The van der Waals surface area contributed by atoms with Crippen molar-refractivity contribution < 1.29 is 14.4 Å². The predicted octanol–water partition coefficient (Wildman–Crippen LogP) is 6.82. The molecule has 0 aliphatic carbocycles. The fourth-order valence-corrected chi connectivity index (χ4v) is 6.24. The van der Waals surface area contributed by atoms with Crippen LogP contribution in [0.3, 0.4) is 0 Å². The molecule has 0 spiro atoms. The molecule has 0 radical (unpaired) electrons. The normalized spacial score (nSPS) is 20.4. The Balaban J connectivity index is 1.79. The molecule has 1 saturated heterocycles. The number of rotatable bonds is 7. The molecule has 4 atom stereocenters. The maximum atomic E-state index is 14.5. The molecule has 0 saturated carbocycles. The summed E-state index contributed by atoms with van der Waals surface area (Å²) in [4.78, 5) is 44.8. The number of amides is 2. The van der Waals surface area contributed by atoms with Gasteiger partial charge in [0.15, 0.2) is 5.78 Å². The summed E-state index contributed by atoms with van der Waals surface area (Å²) >= 11 is 3.54. The van der Waals surface area contributed by atoms with E-state index in [0.29, 0.717) is 15.6 Å². The van der Waals surface area contributed by atoms with Crippen molar-refractivity contribution >= 4 is 33.5 Å². The van der Waals surface area contributed by atoms with Crippen molar-refractivity contribution in [2.24, 2.45) is 5.92 Å². The van der Waals surface area contributed by atoms with Crippen LogP contribution in [0, 0.1) is 5.92 Å². The third-order valence-corrected chi connectivity index (χ3v) is 8.08. The van der Waals surface area contributed by atoms with Crippen LogP contribution in [-0.4, -0.2) is 34.6 Å². The van der Waals surface area contributed by atoms with Crippen molar-refractivity contribution in [3.05, 3.63) is 142 Å². The summed E-state index contributed by atoms with van der Waals surface area (Å²) in [6.45, 7) is 3.79. The van der Waals surface area contributed by atoms with Gasteiger partial charge in [0.1, 0.15) is 6.04 Å². The lowest BCUT2D eigenvalue weighted by molar-refractivity contribution is -0.126. The molecule has 1 heterocycles. The van der Waals surface area contributed by atoms with E-state index in [9.17, 15) is 14.4 Å². The number of Topliss-reactive ketones (excluding diaryl/α,β-unsaturated/α-hetero) is 1. The molecule has 0 aromatic heterocycles. The first-order valence-electron chi connectivity index (χ1n) is 13.4. The number of benzene rings is 4. The van der Waals surface area contributed by atoms with E-state index in [4.69, 9.17) is 0 Å². The molecular weight excluding hydrogens is 564 g/mol. The number of ketones is 1. The zero-order chi connectivity index (χ0) is 28.2. The molecule has 1 aliphatic heterocycles. The molecule has 0 bridgehead atoms. The number of halogens is 1. The number of carbonyl (C=O) groups excluding carboxylic acids is 3. The largest absolute Gasteiger partial charge is 0.352 e. The van der Waals surface area contributed by atoms with Gasteiger partial charge in [0.05, 0.1) is 17.5 Å². The summed E-state index contributed by atoms with van der Waals surface area (Å²) in [5, 5.41) is 3.05. The molecule has 4 unspecified atom stereocenters. The standard InChI is InChI=1S/C34H31BrN2O3/c1-22(2)36-33(39)31-28(23-14-6-3-7-15-23)29(32(38)25-18-10-5-11-19-25)30(24-16-8-4-9-17-24)37(31)34(40)26-20-12-13-21-27(26)35/h3-22,28-31H,1-2H3,(H,36,39). The Hall–Kier alpha value is -4.03. The Morgan fingerprint density at radius 3 is 1.82 bits per heavy atom. The molecule has 40 heavy (non-hydrogen) atoms. The monoisotopic (exact) mass is 594 g/mol. The van der Waals surface area contributed by atoms with Crippen molar-refractivity contribution in [3.63, 3.8) is 0 Å². The zero-order valence-corrected chi connectivity index (χ0v) is 24.0. The molecule has 5 nitrogen and oxygen atoms in total. The van der Waals surface area contributed by atoms with E-state index in [1.165, 1.54) is 0 Å². The highest BCUT2D eigenvalue weighted by Gasteiger charge is 2.57. The van der Waals surface area contributed by atoms with Crippen molar-refractivity contribution in [1.82, 2.24) is 10.2 Å². The zero-order valence-electron chi connectivity index (χ0n) is 22.4. The molecular formula is C34H31BrN2O3. The molecule has 1 aliphatic rings. The van der Waals surface area contributed by atoms with E-state index in [-0.39, 0.29) is 23.6 Å². The van der Waals surface area contributed by atoms with Crippen LogP contribution < -0.4 is 5.32 Å². The number of nitrogens with one attached hydrogen (secondary N) is 1. The fourth-order valence-electron chi connectivity index (χ4n) is 5.78. The molecule has 2 amide bonds. The lowest BCUT2D eigenvalue weighted by Gasteiger charge is -2.32. The van der Waals surface area contributed by atoms with Gasteiger partial charge in [-0.1, -0.05) is 103 Å². The molecule has 4 aromatic carbocycles. The van der Waals surface area contributed by atoms with E-state index in [1.807, 2.05) is 105 Å². The van der Waals surface area contributed by atoms with Gasteiger partial charge in [-0.2, -0.15) is 0 Å². The van der Waals surface area contributed by atoms with Crippen molar-refractivity contribution in [2.45, 2.75) is 37.9 Å². The number of hydrogen-bond acceptors (Lipinski definition) is 3. The minimum Gasteiger partial charge on any atom is -0.352 e. The molecule has 1 N–H and O–H groups in total. The minimum absolute atomic E-state index is 0.104. The molecule has 202 valence electrons. The van der Waals surface area contributed by atoms with Crippen LogP contribution in [0.2, 0.25) is 0 Å². The highest BCUT2D eigenvalue weighted by molar-refractivity contribution is 9.10. The second-order valence-corrected chi connectivity index (χ2v) is 11.2. The molecule has 1 fully saturated rings. The summed E-state index contributed by atoms with van der Waals surface area (Å²) in [5.74, 6) is -1.98. The summed E-state index contributed by atoms with van der Waals surface area (Å²) in [6, 6.07) is 33.8. The molecule has 6 heteroatoms. The molecule has 5 rings (SSSR count). The van der Waals surface area contributed by atoms with Gasteiger partial charge in [0, 0.05) is 22.0 Å². The number of nitrogens with zero attached hydrogens (tertiary/aromatic N) is 1. The lowest BCUT2D eigenvalue weighted by atomic mass is 9.76. The van der Waals surface area contributed by atoms with Gasteiger partial charge in [-0.25, -0.2) is 0 Å². The second kappa shape index (κ2) is 12.0. The lowest BCUT2D eigenvalue weighted by Crippen LogP contribution is -2.50. The first-order valence-corrected chi connectivity index (χ1v) is 14.2. The van der Waals surface area contributed by atoms with E-state index in [1.54, 1.807) is 29.2 Å². The van der Waals surface area contributed by atoms with Crippen molar-refractivity contribution in [1.29, 1.82) is 0 Å². The van der Waals surface area contributed by atoms with Crippen LogP contribution in [0.1, 0.15) is 57.7 Å². The van der Waals surface area contributed by atoms with E-state index in [0.717, 1.165) is 11.1 Å². The van der Waals surface area contributed by atoms with Crippen LogP contribution in [0.4, 0.5) is 0 Å². The van der Waals surface area contributed by atoms with Crippen LogP contribution in [0.5, 0.6) is 0 Å². The number of hydrogen-bond donors (Lipinski definition) is 1. The number of carbonyl (C=O) groups is 3. The van der Waals surface area contributed by atoms with Gasteiger partial charge in [0.2, 0.25) is 5.91 Å². The van der Waals surface area contributed by atoms with Crippen LogP contribution in [-0.2, 0) is 4.79 Å². The van der Waals surface area contributed by atoms with Gasteiger partial charge in [0.25, 0.3) is 5.91 Å². The molecule has 4 aromatic rings. The Kier molecular flexibility index (Phi) is 8.27. The Bertz CT molecular complexity index is 1490. The summed E-state index contributed by atoms with van der Waals surface area (Å²) in [5.41, 5.74) is 2.62. The Labute approximate surface area is 243 Å². The third-order valence-electron chi connectivity index (χ3n) is 7.39. The van der Waals surface area contributed by atoms with Crippen LogP contribution in [0.25, 0.3) is 0 Å². The number of likely N-dealkylation sites (tertiary alicyclic amines) is 1. The summed E-state index contributed by atoms with van der Waals surface area (Å²) < 4.78 is 0.629. The van der Waals surface area contributed by atoms with Crippen molar-refractivity contribution in [3.8, 4) is 0 Å². The second-order valence-electron chi connectivity index (χ2n) is 10.3. The predicted molar refractivity (Wildman–Crippen MR) is 160 cm³/mol. The van der Waals surface area contributed by atoms with Crippen LogP contribution in [0.15, 0.2) is 120 Å². The average molecular weight is 596 g/mol. The maximum Gasteiger partial charge on any atom is 0.256 e. The average Bonchev–Trinajstić information content (AvgIpc) is 3.34. The Morgan fingerprint density at radius 1 is 0.725 bits per heavy atom. The van der Waals surface area contributed by atoms with Gasteiger partial charge in [-0.3, -0.25) is 14.4 Å². The quantitative estimate of drug-likeness (QED) is 0.239. The van der Waals surface area contributed by atoms with Crippen molar-refractivity contribution in [2.75, 3.05) is 0 Å². The van der Waals surface area contributed by atoms with Gasteiger partial charge >= 0.3 is 0 Å². The van der Waals surface area contributed by atoms with E-state index < -0.39 is 23.9 Å². The SMILES string of the molecule is CC(C)NC(=O)C1C(c2ccccc2)C(C(=O)c2ccccc2)C(c2ccccc2)N1C(=O)c1ccccc1Br. The topological polar surface area (TPSA) is 66.5 Å². The highest BCUT2D eigenvalue weighted by atomic mass is 79.9. The maximum absolute atomic E-state index is 14.5. The minimum atomic E-state index is -0.924. The first kappa shape index (κ1) is 27.5. The van der Waals surface area contributed by atoms with Gasteiger partial charge < -0.3 is 10.2 Å². The highest BCUT2D eigenvalue weighted by Crippen LogP contribution is 2.52.